The molecule has 5 nitrogen and oxygen atoms in total. The maximum Gasteiger partial charge on any atom is 0.320 e. The van der Waals surface area contributed by atoms with E-state index >= 15 is 0 Å². The molecular formula is C13H17FN4O. The summed E-state index contributed by atoms with van der Waals surface area (Å²) in [4.78, 5) is 0. The van der Waals surface area contributed by atoms with Gasteiger partial charge in [-0.1, -0.05) is 12.0 Å². The van der Waals surface area contributed by atoms with Gasteiger partial charge in [-0.3, -0.25) is 0 Å². The topological polar surface area (TPSA) is 63.0 Å². The Morgan fingerprint density at radius 1 is 1.37 bits per heavy atom. The Bertz CT molecular complexity index is 555. The average molecular weight is 264 g/mol. The van der Waals surface area contributed by atoms with Crippen molar-refractivity contribution in [3.63, 3.8) is 0 Å². The molecule has 0 fully saturated rings. The Hall–Kier alpha value is -1.95. The highest BCUT2D eigenvalue weighted by molar-refractivity contribution is 5.56. The summed E-state index contributed by atoms with van der Waals surface area (Å²) in [7, 11) is 0. The van der Waals surface area contributed by atoms with Crippen LogP contribution in [-0.4, -0.2) is 16.7 Å². The van der Waals surface area contributed by atoms with Crippen LogP contribution in [-0.2, 0) is 0 Å². The van der Waals surface area contributed by atoms with Crippen molar-refractivity contribution in [2.24, 2.45) is 0 Å². The second-order valence-corrected chi connectivity index (χ2v) is 4.31. The van der Waals surface area contributed by atoms with Crippen molar-refractivity contribution >= 4 is 11.7 Å². The molecule has 0 aliphatic heterocycles. The maximum atomic E-state index is 13.0. The van der Waals surface area contributed by atoms with Crippen LogP contribution >= 0.6 is 0 Å². The molecule has 0 aliphatic carbocycles. The Kier molecular flexibility index (Phi) is 4.11. The number of benzene rings is 1. The number of halogens is 1. The van der Waals surface area contributed by atoms with Crippen LogP contribution in [0.3, 0.4) is 0 Å². The minimum Gasteiger partial charge on any atom is -0.406 e. The lowest BCUT2D eigenvalue weighted by atomic mass is 10.2. The number of hydrogen-bond acceptors (Lipinski definition) is 5. The summed E-state index contributed by atoms with van der Waals surface area (Å²) >= 11 is 0. The van der Waals surface area contributed by atoms with E-state index < -0.39 is 0 Å². The highest BCUT2D eigenvalue weighted by Gasteiger charge is 2.13. The largest absolute Gasteiger partial charge is 0.406 e. The molecule has 2 rings (SSSR count). The van der Waals surface area contributed by atoms with E-state index in [0.717, 1.165) is 17.8 Å². The zero-order chi connectivity index (χ0) is 13.8. The van der Waals surface area contributed by atoms with E-state index in [9.17, 15) is 4.39 Å². The zero-order valence-corrected chi connectivity index (χ0v) is 11.2. The number of anilines is 2. The van der Waals surface area contributed by atoms with Gasteiger partial charge in [0.25, 0.3) is 0 Å². The highest BCUT2D eigenvalue weighted by atomic mass is 19.1. The van der Waals surface area contributed by atoms with Gasteiger partial charge in [-0.2, -0.15) is 0 Å². The van der Waals surface area contributed by atoms with Crippen molar-refractivity contribution < 1.29 is 8.81 Å². The minimum atomic E-state index is -0.268. The molecule has 0 aliphatic rings. The minimum absolute atomic E-state index is 0.00219. The van der Waals surface area contributed by atoms with Crippen molar-refractivity contribution in [2.45, 2.75) is 26.8 Å². The molecule has 102 valence electrons. The average Bonchev–Trinajstić information content (AvgIpc) is 2.82. The van der Waals surface area contributed by atoms with E-state index in [-0.39, 0.29) is 11.9 Å². The molecule has 1 unspecified atom stereocenters. The predicted octanol–water partition coefficient (Wildman–Crippen LogP) is 2.93. The summed E-state index contributed by atoms with van der Waals surface area (Å²) < 4.78 is 18.5. The van der Waals surface area contributed by atoms with Crippen LogP contribution in [0, 0.1) is 12.7 Å². The summed E-state index contributed by atoms with van der Waals surface area (Å²) in [6.45, 7) is 6.59. The molecule has 1 aromatic heterocycles. The number of hydrogen-bond donors (Lipinski definition) is 2. The molecule has 1 aromatic carbocycles. The molecule has 0 amide bonds. The maximum absolute atomic E-state index is 13.0. The summed E-state index contributed by atoms with van der Waals surface area (Å²) in [5.41, 5.74) is 1.52. The van der Waals surface area contributed by atoms with Gasteiger partial charge in [0.2, 0.25) is 5.89 Å². The third-order valence-electron chi connectivity index (χ3n) is 2.75. The number of nitrogens with one attached hydrogen (secondary N) is 2. The van der Waals surface area contributed by atoms with Gasteiger partial charge in [0.15, 0.2) is 0 Å². The van der Waals surface area contributed by atoms with E-state index in [4.69, 9.17) is 4.42 Å². The fourth-order valence-corrected chi connectivity index (χ4v) is 1.74. The quantitative estimate of drug-likeness (QED) is 0.869. The van der Waals surface area contributed by atoms with Gasteiger partial charge in [0, 0.05) is 5.69 Å². The lowest BCUT2D eigenvalue weighted by Gasteiger charge is -2.07. The van der Waals surface area contributed by atoms with Crippen molar-refractivity contribution in [1.82, 2.24) is 15.5 Å². The second-order valence-electron chi connectivity index (χ2n) is 4.31. The van der Waals surface area contributed by atoms with Crippen LogP contribution in [0.15, 0.2) is 22.6 Å². The summed E-state index contributed by atoms with van der Waals surface area (Å²) in [6, 6.07) is 4.77. The lowest BCUT2D eigenvalue weighted by Crippen LogP contribution is -2.17. The van der Waals surface area contributed by atoms with Crippen molar-refractivity contribution in [1.29, 1.82) is 0 Å². The summed E-state index contributed by atoms with van der Waals surface area (Å²) in [5, 5.41) is 14.0. The van der Waals surface area contributed by atoms with Gasteiger partial charge in [0.05, 0.1) is 6.04 Å². The van der Waals surface area contributed by atoms with Gasteiger partial charge in [-0.05, 0) is 44.2 Å². The summed E-state index contributed by atoms with van der Waals surface area (Å²) in [6.07, 6.45) is 0. The predicted molar refractivity (Wildman–Crippen MR) is 70.8 cm³/mol. The number of aryl methyl sites for hydroxylation is 1. The number of rotatable bonds is 5. The van der Waals surface area contributed by atoms with E-state index in [1.807, 2.05) is 20.8 Å². The Morgan fingerprint density at radius 3 is 2.84 bits per heavy atom. The van der Waals surface area contributed by atoms with Gasteiger partial charge >= 0.3 is 6.01 Å². The molecule has 0 bridgehead atoms. The molecule has 6 heteroatoms. The molecule has 0 spiro atoms. The fraction of sp³-hybridized carbons (Fsp3) is 0.385. The van der Waals surface area contributed by atoms with Crippen LogP contribution in [0.2, 0.25) is 0 Å². The third-order valence-corrected chi connectivity index (χ3v) is 2.75. The SMILES string of the molecule is CCNC(C)c1nnc(Nc2ccc(F)cc2C)o1. The third kappa shape index (κ3) is 3.29. The first kappa shape index (κ1) is 13.5. The lowest BCUT2D eigenvalue weighted by molar-refractivity contribution is 0.430. The molecule has 0 saturated heterocycles. The fourth-order valence-electron chi connectivity index (χ4n) is 1.74. The first-order valence-electron chi connectivity index (χ1n) is 6.20. The van der Waals surface area contributed by atoms with E-state index in [1.54, 1.807) is 6.07 Å². The molecule has 2 aromatic rings. The first-order valence-corrected chi connectivity index (χ1v) is 6.20. The van der Waals surface area contributed by atoms with Gasteiger partial charge in [-0.25, -0.2) is 4.39 Å². The Labute approximate surface area is 111 Å². The molecule has 0 saturated carbocycles. The van der Waals surface area contributed by atoms with Crippen LogP contribution in [0.4, 0.5) is 16.1 Å². The van der Waals surface area contributed by atoms with Gasteiger partial charge in [-0.15, -0.1) is 5.10 Å². The zero-order valence-electron chi connectivity index (χ0n) is 11.2. The van der Waals surface area contributed by atoms with E-state index in [1.165, 1.54) is 12.1 Å². The molecule has 0 radical (unpaired) electrons. The van der Waals surface area contributed by atoms with Crippen molar-refractivity contribution in [3.8, 4) is 0 Å². The Morgan fingerprint density at radius 2 is 2.16 bits per heavy atom. The van der Waals surface area contributed by atoms with Gasteiger partial charge in [0.1, 0.15) is 5.82 Å². The molecular weight excluding hydrogens is 247 g/mol. The van der Waals surface area contributed by atoms with Crippen LogP contribution < -0.4 is 10.6 Å². The monoisotopic (exact) mass is 264 g/mol. The number of nitrogens with zero attached hydrogens (tertiary/aromatic N) is 2. The molecule has 1 heterocycles. The smallest absolute Gasteiger partial charge is 0.320 e. The van der Waals surface area contributed by atoms with Crippen molar-refractivity contribution in [3.05, 3.63) is 35.5 Å². The second kappa shape index (κ2) is 5.79. The number of aromatic nitrogens is 2. The van der Waals surface area contributed by atoms with Gasteiger partial charge < -0.3 is 15.1 Å². The van der Waals surface area contributed by atoms with Crippen LogP contribution in [0.1, 0.15) is 31.3 Å². The van der Waals surface area contributed by atoms with Crippen LogP contribution in [0.25, 0.3) is 0 Å². The summed E-state index contributed by atoms with van der Waals surface area (Å²) in [5.74, 6) is 0.249. The van der Waals surface area contributed by atoms with Crippen molar-refractivity contribution in [2.75, 3.05) is 11.9 Å². The normalized spacial score (nSPS) is 12.4. The highest BCUT2D eigenvalue weighted by Crippen LogP contribution is 2.21. The molecule has 19 heavy (non-hydrogen) atoms. The first-order chi connectivity index (χ1) is 9.10. The van der Waals surface area contributed by atoms with Crippen LogP contribution in [0.5, 0.6) is 0 Å². The van der Waals surface area contributed by atoms with E-state index in [2.05, 4.69) is 20.8 Å². The Balaban J connectivity index is 2.11. The van der Waals surface area contributed by atoms with E-state index in [0.29, 0.717) is 11.9 Å². The standard InChI is InChI=1S/C13H17FN4O/c1-4-15-9(3)12-17-18-13(19-12)16-11-6-5-10(14)7-8(11)2/h5-7,9,15H,4H2,1-3H3,(H,16,18). The molecule has 1 atom stereocenters. The molecule has 2 N–H and O–H groups in total.